The normalized spacial score (nSPS) is 12.8. The van der Waals surface area contributed by atoms with Crippen LogP contribution in [0.15, 0.2) is 24.3 Å². The summed E-state index contributed by atoms with van der Waals surface area (Å²) in [5.74, 6) is 0. The number of rotatable bonds is 5. The van der Waals surface area contributed by atoms with E-state index in [9.17, 15) is 0 Å². The Morgan fingerprint density at radius 3 is 2.43 bits per heavy atom. The smallest absolute Gasteiger partial charge is 0.0921 e. The van der Waals surface area contributed by atoms with Crippen molar-refractivity contribution in [2.24, 2.45) is 0 Å². The van der Waals surface area contributed by atoms with Gasteiger partial charge in [0.25, 0.3) is 0 Å². The number of hydrogen-bond donors (Lipinski definition) is 0. The highest BCUT2D eigenvalue weighted by molar-refractivity contribution is 9.09. The molecule has 0 saturated carbocycles. The second kappa shape index (κ2) is 6.20. The summed E-state index contributed by atoms with van der Waals surface area (Å²) in [6.45, 7) is 5.05. The van der Waals surface area contributed by atoms with Gasteiger partial charge in [-0.1, -0.05) is 52.7 Å². The topological polar surface area (TPSA) is 9.23 Å². The second-order valence-corrected chi connectivity index (χ2v) is 4.07. The van der Waals surface area contributed by atoms with Gasteiger partial charge in [0.15, 0.2) is 0 Å². The molecule has 0 saturated heterocycles. The molecule has 0 aromatic heterocycles. The first-order chi connectivity index (χ1) is 6.77. The van der Waals surface area contributed by atoms with Crippen LogP contribution in [0.5, 0.6) is 0 Å². The van der Waals surface area contributed by atoms with Crippen LogP contribution in [0.25, 0.3) is 0 Å². The molecule has 0 N–H and O–H groups in total. The zero-order chi connectivity index (χ0) is 10.4. The monoisotopic (exact) mass is 256 g/mol. The Kier molecular flexibility index (Phi) is 5.20. The van der Waals surface area contributed by atoms with E-state index in [2.05, 4.69) is 54.0 Å². The van der Waals surface area contributed by atoms with Crippen LogP contribution in [0.3, 0.4) is 0 Å². The van der Waals surface area contributed by atoms with Crippen LogP contribution in [0.4, 0.5) is 0 Å². The van der Waals surface area contributed by atoms with Crippen molar-refractivity contribution in [2.75, 3.05) is 11.9 Å². The lowest BCUT2D eigenvalue weighted by Crippen LogP contribution is -2.06. The molecule has 0 aliphatic carbocycles. The highest BCUT2D eigenvalue weighted by Crippen LogP contribution is 2.20. The Balaban J connectivity index is 2.64. The van der Waals surface area contributed by atoms with E-state index in [0.29, 0.717) is 0 Å². The second-order valence-electron chi connectivity index (χ2n) is 3.42. The van der Waals surface area contributed by atoms with Gasteiger partial charge in [-0.25, -0.2) is 0 Å². The summed E-state index contributed by atoms with van der Waals surface area (Å²) in [6.07, 6.45) is 1.26. The predicted molar refractivity (Wildman–Crippen MR) is 64.0 cm³/mol. The molecule has 0 bridgehead atoms. The van der Waals surface area contributed by atoms with Crippen molar-refractivity contribution in [1.29, 1.82) is 0 Å². The van der Waals surface area contributed by atoms with Gasteiger partial charge >= 0.3 is 0 Å². The third-order valence-corrected chi connectivity index (χ3v) is 2.70. The predicted octanol–water partition coefficient (Wildman–Crippen LogP) is 3.86. The van der Waals surface area contributed by atoms with E-state index < -0.39 is 0 Å². The molecular weight excluding hydrogens is 240 g/mol. The van der Waals surface area contributed by atoms with Gasteiger partial charge in [-0.3, -0.25) is 0 Å². The molecule has 78 valence electrons. The molecule has 0 aliphatic rings. The summed E-state index contributed by atoms with van der Waals surface area (Å²) >= 11 is 3.48. The fourth-order valence-electron chi connectivity index (χ4n) is 1.27. The zero-order valence-electron chi connectivity index (χ0n) is 8.79. The first kappa shape index (κ1) is 11.7. The van der Waals surface area contributed by atoms with Gasteiger partial charge in [0.1, 0.15) is 0 Å². The molecule has 0 radical (unpaired) electrons. The van der Waals surface area contributed by atoms with Crippen LogP contribution in [-0.2, 0) is 4.74 Å². The summed E-state index contributed by atoms with van der Waals surface area (Å²) in [5, 5.41) is 0.857. The maximum Gasteiger partial charge on any atom is 0.0921 e. The molecular formula is C12H17BrO. The Labute approximate surface area is 94.6 Å². The van der Waals surface area contributed by atoms with E-state index in [0.717, 1.165) is 18.4 Å². The average Bonchev–Trinajstić information content (AvgIpc) is 2.21. The molecule has 0 amide bonds. The molecule has 14 heavy (non-hydrogen) atoms. The largest absolute Gasteiger partial charge is 0.373 e. The highest BCUT2D eigenvalue weighted by Gasteiger charge is 2.08. The summed E-state index contributed by atoms with van der Waals surface area (Å²) in [6, 6.07) is 8.52. The first-order valence-corrected chi connectivity index (χ1v) is 6.14. The minimum Gasteiger partial charge on any atom is -0.373 e. The Hall–Kier alpha value is -0.340. The molecule has 0 spiro atoms. The molecule has 0 heterocycles. The van der Waals surface area contributed by atoms with E-state index >= 15 is 0 Å². The number of benzene rings is 1. The standard InChI is InChI=1S/C12H17BrO/c1-3-8-14-12(9-13)11-6-4-10(2)5-7-11/h4-7,12H,3,8-9H2,1-2H3. The zero-order valence-corrected chi connectivity index (χ0v) is 10.4. The van der Waals surface area contributed by atoms with E-state index in [1.165, 1.54) is 11.1 Å². The van der Waals surface area contributed by atoms with Crippen molar-refractivity contribution in [3.8, 4) is 0 Å². The van der Waals surface area contributed by atoms with E-state index in [1.54, 1.807) is 0 Å². The molecule has 1 aromatic rings. The summed E-state index contributed by atoms with van der Waals surface area (Å²) in [4.78, 5) is 0. The summed E-state index contributed by atoms with van der Waals surface area (Å²) in [7, 11) is 0. The van der Waals surface area contributed by atoms with Gasteiger partial charge in [0.05, 0.1) is 6.10 Å². The fraction of sp³-hybridized carbons (Fsp3) is 0.500. The van der Waals surface area contributed by atoms with Gasteiger partial charge in [-0.05, 0) is 18.9 Å². The Morgan fingerprint density at radius 2 is 1.93 bits per heavy atom. The molecule has 0 fully saturated rings. The molecule has 1 atom stereocenters. The number of ether oxygens (including phenoxy) is 1. The summed E-state index contributed by atoms with van der Waals surface area (Å²) in [5.41, 5.74) is 2.54. The summed E-state index contributed by atoms with van der Waals surface area (Å²) < 4.78 is 5.72. The van der Waals surface area contributed by atoms with Gasteiger partial charge in [0, 0.05) is 11.9 Å². The quantitative estimate of drug-likeness (QED) is 0.728. The molecule has 2 heteroatoms. The third-order valence-electron chi connectivity index (χ3n) is 2.11. The lowest BCUT2D eigenvalue weighted by molar-refractivity contribution is 0.0704. The third kappa shape index (κ3) is 3.43. The van der Waals surface area contributed by atoms with E-state index in [4.69, 9.17) is 4.74 Å². The van der Waals surface area contributed by atoms with Gasteiger partial charge in [-0.15, -0.1) is 0 Å². The van der Waals surface area contributed by atoms with Crippen LogP contribution in [-0.4, -0.2) is 11.9 Å². The van der Waals surface area contributed by atoms with Crippen LogP contribution in [0.2, 0.25) is 0 Å². The van der Waals surface area contributed by atoms with Crippen LogP contribution in [0, 0.1) is 6.92 Å². The minimum absolute atomic E-state index is 0.190. The maximum absolute atomic E-state index is 5.72. The number of halogens is 1. The SMILES string of the molecule is CCCOC(CBr)c1ccc(C)cc1. The molecule has 1 nitrogen and oxygen atoms in total. The minimum atomic E-state index is 0.190. The van der Waals surface area contributed by atoms with Crippen molar-refractivity contribution < 1.29 is 4.74 Å². The maximum atomic E-state index is 5.72. The van der Waals surface area contributed by atoms with Crippen molar-refractivity contribution in [3.05, 3.63) is 35.4 Å². The Bertz CT molecular complexity index is 256. The first-order valence-electron chi connectivity index (χ1n) is 5.02. The fourth-order valence-corrected chi connectivity index (χ4v) is 1.83. The Morgan fingerprint density at radius 1 is 1.29 bits per heavy atom. The average molecular weight is 257 g/mol. The molecule has 1 aromatic carbocycles. The van der Waals surface area contributed by atoms with Crippen LogP contribution in [0.1, 0.15) is 30.6 Å². The number of hydrogen-bond acceptors (Lipinski definition) is 1. The van der Waals surface area contributed by atoms with Gasteiger partial charge in [-0.2, -0.15) is 0 Å². The van der Waals surface area contributed by atoms with Crippen molar-refractivity contribution in [3.63, 3.8) is 0 Å². The van der Waals surface area contributed by atoms with Crippen LogP contribution >= 0.6 is 15.9 Å². The van der Waals surface area contributed by atoms with Crippen molar-refractivity contribution in [1.82, 2.24) is 0 Å². The number of aryl methyl sites for hydroxylation is 1. The molecule has 0 aliphatic heterocycles. The lowest BCUT2D eigenvalue weighted by atomic mass is 10.1. The number of alkyl halides is 1. The lowest BCUT2D eigenvalue weighted by Gasteiger charge is -2.15. The van der Waals surface area contributed by atoms with E-state index in [-0.39, 0.29) is 6.10 Å². The van der Waals surface area contributed by atoms with Gasteiger partial charge < -0.3 is 4.74 Å². The van der Waals surface area contributed by atoms with Gasteiger partial charge in [0.2, 0.25) is 0 Å². The highest BCUT2D eigenvalue weighted by atomic mass is 79.9. The van der Waals surface area contributed by atoms with Crippen molar-refractivity contribution in [2.45, 2.75) is 26.4 Å². The van der Waals surface area contributed by atoms with Crippen LogP contribution < -0.4 is 0 Å². The van der Waals surface area contributed by atoms with E-state index in [1.807, 2.05) is 0 Å². The van der Waals surface area contributed by atoms with Crippen molar-refractivity contribution >= 4 is 15.9 Å². The molecule has 1 unspecified atom stereocenters. The molecule has 1 rings (SSSR count).